The lowest BCUT2D eigenvalue weighted by molar-refractivity contribution is 0.794. The van der Waals surface area contributed by atoms with Gasteiger partial charge in [0.05, 0.1) is 5.02 Å². The number of nitrogens with zero attached hydrogens (tertiary/aromatic N) is 3. The molecule has 1 aromatic heterocycles. The first-order valence-electron chi connectivity index (χ1n) is 7.09. The van der Waals surface area contributed by atoms with Crippen molar-refractivity contribution in [2.75, 3.05) is 6.26 Å². The number of hydrogen-bond donors (Lipinski definition) is 0. The number of thioether (sulfide) groups is 2. The van der Waals surface area contributed by atoms with Gasteiger partial charge in [0, 0.05) is 23.3 Å². The quantitative estimate of drug-likeness (QED) is 0.588. The van der Waals surface area contributed by atoms with E-state index in [0.717, 1.165) is 22.3 Å². The fraction of sp³-hybridized carbons (Fsp3) is 0.176. The van der Waals surface area contributed by atoms with Gasteiger partial charge < -0.3 is 4.57 Å². The van der Waals surface area contributed by atoms with E-state index in [1.807, 2.05) is 35.9 Å². The van der Waals surface area contributed by atoms with E-state index in [0.29, 0.717) is 5.02 Å². The SMILES string of the molecule is CSc1ccc(CSc2nnc(-c3ccccc3Cl)n2C)cc1. The summed E-state index contributed by atoms with van der Waals surface area (Å²) >= 11 is 9.68. The normalized spacial score (nSPS) is 10.9. The van der Waals surface area contributed by atoms with Crippen molar-refractivity contribution in [3.63, 3.8) is 0 Å². The summed E-state index contributed by atoms with van der Waals surface area (Å²) in [5.41, 5.74) is 2.18. The van der Waals surface area contributed by atoms with Crippen molar-refractivity contribution in [1.29, 1.82) is 0 Å². The molecular formula is C17H16ClN3S2. The smallest absolute Gasteiger partial charge is 0.191 e. The van der Waals surface area contributed by atoms with Crippen LogP contribution >= 0.6 is 35.1 Å². The molecule has 3 rings (SSSR count). The van der Waals surface area contributed by atoms with Crippen LogP contribution in [0.4, 0.5) is 0 Å². The highest BCUT2D eigenvalue weighted by Crippen LogP contribution is 2.29. The van der Waals surface area contributed by atoms with Gasteiger partial charge in [-0.25, -0.2) is 0 Å². The zero-order valence-corrected chi connectivity index (χ0v) is 15.3. The van der Waals surface area contributed by atoms with Gasteiger partial charge in [0.1, 0.15) is 0 Å². The first-order chi connectivity index (χ1) is 11.2. The van der Waals surface area contributed by atoms with Crippen LogP contribution in [0.15, 0.2) is 58.6 Å². The minimum absolute atomic E-state index is 0.687. The van der Waals surface area contributed by atoms with E-state index >= 15 is 0 Å². The summed E-state index contributed by atoms with van der Waals surface area (Å²) in [7, 11) is 1.97. The molecule has 0 saturated heterocycles. The second kappa shape index (κ2) is 7.43. The van der Waals surface area contributed by atoms with Crippen LogP contribution < -0.4 is 0 Å². The van der Waals surface area contributed by atoms with Gasteiger partial charge in [-0.15, -0.1) is 22.0 Å². The van der Waals surface area contributed by atoms with E-state index in [-0.39, 0.29) is 0 Å². The molecule has 0 unspecified atom stereocenters. The Morgan fingerprint density at radius 3 is 2.48 bits per heavy atom. The average molecular weight is 362 g/mol. The number of aromatic nitrogens is 3. The van der Waals surface area contributed by atoms with Crippen LogP contribution in [0, 0.1) is 0 Å². The van der Waals surface area contributed by atoms with Crippen molar-refractivity contribution in [1.82, 2.24) is 14.8 Å². The minimum atomic E-state index is 0.687. The van der Waals surface area contributed by atoms with Gasteiger partial charge in [-0.3, -0.25) is 0 Å². The summed E-state index contributed by atoms with van der Waals surface area (Å²) in [6, 6.07) is 16.3. The summed E-state index contributed by atoms with van der Waals surface area (Å²) in [6.45, 7) is 0. The molecule has 0 spiro atoms. The molecule has 0 radical (unpaired) electrons. The second-order valence-corrected chi connectivity index (χ2v) is 7.21. The molecule has 3 aromatic rings. The van der Waals surface area contributed by atoms with E-state index in [1.165, 1.54) is 10.5 Å². The summed E-state index contributed by atoms with van der Waals surface area (Å²) in [4.78, 5) is 1.28. The van der Waals surface area contributed by atoms with Gasteiger partial charge in [0.2, 0.25) is 0 Å². The molecule has 0 aliphatic carbocycles. The third kappa shape index (κ3) is 3.74. The third-order valence-electron chi connectivity index (χ3n) is 3.48. The maximum Gasteiger partial charge on any atom is 0.191 e. The van der Waals surface area contributed by atoms with Gasteiger partial charge in [-0.2, -0.15) is 0 Å². The standard InChI is InChI=1S/C17H16ClN3S2/c1-21-16(14-5-3-4-6-15(14)18)19-20-17(21)23-11-12-7-9-13(22-2)10-8-12/h3-10H,11H2,1-2H3. The fourth-order valence-corrected chi connectivity index (χ4v) is 3.68. The van der Waals surface area contributed by atoms with Gasteiger partial charge >= 0.3 is 0 Å². The minimum Gasteiger partial charge on any atom is -0.305 e. The molecular weight excluding hydrogens is 346 g/mol. The highest BCUT2D eigenvalue weighted by molar-refractivity contribution is 7.98. The van der Waals surface area contributed by atoms with Gasteiger partial charge in [0.15, 0.2) is 11.0 Å². The van der Waals surface area contributed by atoms with Crippen LogP contribution in [0.3, 0.4) is 0 Å². The number of halogens is 1. The molecule has 0 aliphatic rings. The van der Waals surface area contributed by atoms with Gasteiger partial charge in [-0.1, -0.05) is 47.6 Å². The van der Waals surface area contributed by atoms with Crippen LogP contribution in [-0.4, -0.2) is 21.0 Å². The highest BCUT2D eigenvalue weighted by atomic mass is 35.5. The topological polar surface area (TPSA) is 30.7 Å². The molecule has 0 atom stereocenters. The van der Waals surface area contributed by atoms with Crippen molar-refractivity contribution >= 4 is 35.1 Å². The van der Waals surface area contributed by atoms with Crippen molar-refractivity contribution in [2.24, 2.45) is 7.05 Å². The molecule has 0 bridgehead atoms. The first-order valence-corrected chi connectivity index (χ1v) is 9.68. The molecule has 118 valence electrons. The van der Waals surface area contributed by atoms with Crippen LogP contribution in [-0.2, 0) is 12.8 Å². The summed E-state index contributed by atoms with van der Waals surface area (Å²) in [5, 5.41) is 10.2. The Balaban J connectivity index is 1.75. The van der Waals surface area contributed by atoms with Crippen LogP contribution in [0.25, 0.3) is 11.4 Å². The van der Waals surface area contributed by atoms with Crippen molar-refractivity contribution in [3.05, 3.63) is 59.1 Å². The average Bonchev–Trinajstić information content (AvgIpc) is 2.94. The molecule has 0 saturated carbocycles. The van der Waals surface area contributed by atoms with Crippen molar-refractivity contribution in [3.8, 4) is 11.4 Å². The van der Waals surface area contributed by atoms with E-state index in [4.69, 9.17) is 11.6 Å². The molecule has 6 heteroatoms. The molecule has 1 heterocycles. The lowest BCUT2D eigenvalue weighted by Gasteiger charge is -2.06. The predicted molar refractivity (Wildman–Crippen MR) is 99.2 cm³/mol. The Hall–Kier alpha value is -1.43. The number of benzene rings is 2. The number of hydrogen-bond acceptors (Lipinski definition) is 4. The Labute approximate surface area is 149 Å². The maximum absolute atomic E-state index is 6.25. The molecule has 2 aromatic carbocycles. The zero-order valence-electron chi connectivity index (χ0n) is 12.9. The lowest BCUT2D eigenvalue weighted by Crippen LogP contribution is -1.95. The molecule has 0 aliphatic heterocycles. The molecule has 3 nitrogen and oxygen atoms in total. The molecule has 0 amide bonds. The molecule has 23 heavy (non-hydrogen) atoms. The fourth-order valence-electron chi connectivity index (χ4n) is 2.19. The van der Waals surface area contributed by atoms with Crippen molar-refractivity contribution < 1.29 is 0 Å². The van der Waals surface area contributed by atoms with Crippen molar-refractivity contribution in [2.45, 2.75) is 15.8 Å². The highest BCUT2D eigenvalue weighted by Gasteiger charge is 2.13. The monoisotopic (exact) mass is 361 g/mol. The predicted octanol–water partition coefficient (Wildman–Crippen LogP) is 5.15. The molecule has 0 fully saturated rings. The van der Waals surface area contributed by atoms with Crippen LogP contribution in [0.2, 0.25) is 5.02 Å². The van der Waals surface area contributed by atoms with Crippen LogP contribution in [0.5, 0.6) is 0 Å². The lowest BCUT2D eigenvalue weighted by atomic mass is 10.2. The van der Waals surface area contributed by atoms with E-state index in [1.54, 1.807) is 23.5 Å². The Kier molecular flexibility index (Phi) is 5.30. The zero-order chi connectivity index (χ0) is 16.2. The Morgan fingerprint density at radius 1 is 1.04 bits per heavy atom. The Morgan fingerprint density at radius 2 is 1.78 bits per heavy atom. The van der Waals surface area contributed by atoms with Gasteiger partial charge in [-0.05, 0) is 36.1 Å². The summed E-state index contributed by atoms with van der Waals surface area (Å²) < 4.78 is 1.99. The van der Waals surface area contributed by atoms with E-state index in [9.17, 15) is 0 Å². The molecule has 0 N–H and O–H groups in total. The number of rotatable bonds is 5. The second-order valence-electron chi connectivity index (χ2n) is 4.98. The largest absolute Gasteiger partial charge is 0.305 e. The Bertz CT molecular complexity index is 800. The third-order valence-corrected chi connectivity index (χ3v) is 5.64. The first kappa shape index (κ1) is 16.4. The summed E-state index contributed by atoms with van der Waals surface area (Å²) in [5.74, 6) is 1.65. The van der Waals surface area contributed by atoms with E-state index in [2.05, 4.69) is 40.7 Å². The van der Waals surface area contributed by atoms with E-state index < -0.39 is 0 Å². The maximum atomic E-state index is 6.25. The van der Waals surface area contributed by atoms with Crippen LogP contribution in [0.1, 0.15) is 5.56 Å². The van der Waals surface area contributed by atoms with Gasteiger partial charge in [0.25, 0.3) is 0 Å². The summed E-state index contributed by atoms with van der Waals surface area (Å²) in [6.07, 6.45) is 2.08.